The Balaban J connectivity index is 2.12. The Hall–Kier alpha value is -0.0800. The molecule has 0 aliphatic carbocycles. The molecule has 2 atom stereocenters. The van der Waals surface area contributed by atoms with Crippen molar-refractivity contribution in [2.75, 3.05) is 6.54 Å². The molecule has 0 spiro atoms. The summed E-state index contributed by atoms with van der Waals surface area (Å²) >= 11 is 0. The number of hydrogen-bond donors (Lipinski definition) is 1. The van der Waals surface area contributed by atoms with Crippen molar-refractivity contribution < 1.29 is 4.74 Å². The summed E-state index contributed by atoms with van der Waals surface area (Å²) in [6.07, 6.45) is 5.99. The first kappa shape index (κ1) is 11.0. The normalized spacial score (nSPS) is 28.6. The number of unbranched alkanes of at least 4 members (excludes halogenated alkanes) is 1. The van der Waals surface area contributed by atoms with E-state index in [1.807, 2.05) is 0 Å². The van der Waals surface area contributed by atoms with E-state index >= 15 is 0 Å². The van der Waals surface area contributed by atoms with Gasteiger partial charge in [-0.15, -0.1) is 0 Å². The third-order valence-electron chi connectivity index (χ3n) is 2.55. The first-order chi connectivity index (χ1) is 6.22. The minimum atomic E-state index is 0.372. The van der Waals surface area contributed by atoms with Gasteiger partial charge in [-0.1, -0.05) is 19.8 Å². The molecule has 0 radical (unpaired) electrons. The average Bonchev–Trinajstić information content (AvgIpc) is 2.48. The zero-order valence-electron chi connectivity index (χ0n) is 9.18. The Morgan fingerprint density at radius 3 is 2.85 bits per heavy atom. The maximum absolute atomic E-state index is 5.76. The lowest BCUT2D eigenvalue weighted by Gasteiger charge is -2.14. The van der Waals surface area contributed by atoms with E-state index in [9.17, 15) is 0 Å². The SMILES string of the molecule is CCCC[C@H]1C[C@H](OC(C)C)CN1. The van der Waals surface area contributed by atoms with Crippen LogP contribution in [0.1, 0.15) is 46.5 Å². The fourth-order valence-corrected chi connectivity index (χ4v) is 1.94. The van der Waals surface area contributed by atoms with Crippen LogP contribution in [0, 0.1) is 0 Å². The minimum Gasteiger partial charge on any atom is -0.374 e. The third kappa shape index (κ3) is 4.10. The Morgan fingerprint density at radius 1 is 1.46 bits per heavy atom. The van der Waals surface area contributed by atoms with Gasteiger partial charge in [-0.25, -0.2) is 0 Å². The zero-order chi connectivity index (χ0) is 9.68. The fourth-order valence-electron chi connectivity index (χ4n) is 1.94. The first-order valence-electron chi connectivity index (χ1n) is 5.61. The highest BCUT2D eigenvalue weighted by Gasteiger charge is 2.24. The van der Waals surface area contributed by atoms with E-state index in [0.717, 1.165) is 6.54 Å². The van der Waals surface area contributed by atoms with Crippen molar-refractivity contribution in [1.82, 2.24) is 5.32 Å². The highest BCUT2D eigenvalue weighted by Crippen LogP contribution is 2.16. The van der Waals surface area contributed by atoms with Crippen LogP contribution in [0.4, 0.5) is 0 Å². The van der Waals surface area contributed by atoms with Crippen LogP contribution in [0.5, 0.6) is 0 Å². The topological polar surface area (TPSA) is 21.3 Å². The highest BCUT2D eigenvalue weighted by molar-refractivity contribution is 4.82. The Bertz CT molecular complexity index is 136. The van der Waals surface area contributed by atoms with Crippen molar-refractivity contribution in [3.63, 3.8) is 0 Å². The van der Waals surface area contributed by atoms with Crippen molar-refractivity contribution >= 4 is 0 Å². The average molecular weight is 185 g/mol. The van der Waals surface area contributed by atoms with Gasteiger partial charge in [-0.05, 0) is 26.7 Å². The first-order valence-corrected chi connectivity index (χ1v) is 5.61. The molecule has 0 saturated carbocycles. The van der Waals surface area contributed by atoms with E-state index < -0.39 is 0 Å². The number of ether oxygens (including phenoxy) is 1. The maximum atomic E-state index is 5.76. The van der Waals surface area contributed by atoms with Crippen LogP contribution in [-0.4, -0.2) is 24.8 Å². The monoisotopic (exact) mass is 185 g/mol. The van der Waals surface area contributed by atoms with Crippen molar-refractivity contribution in [2.45, 2.75) is 64.7 Å². The maximum Gasteiger partial charge on any atom is 0.0717 e. The van der Waals surface area contributed by atoms with Gasteiger partial charge in [-0.3, -0.25) is 0 Å². The largest absolute Gasteiger partial charge is 0.374 e. The van der Waals surface area contributed by atoms with Crippen molar-refractivity contribution in [1.29, 1.82) is 0 Å². The molecule has 0 amide bonds. The molecule has 1 saturated heterocycles. The predicted molar refractivity (Wildman–Crippen MR) is 55.9 cm³/mol. The summed E-state index contributed by atoms with van der Waals surface area (Å²) in [7, 11) is 0. The molecular weight excluding hydrogens is 162 g/mol. The molecule has 1 aliphatic rings. The van der Waals surface area contributed by atoms with Gasteiger partial charge < -0.3 is 10.1 Å². The van der Waals surface area contributed by atoms with E-state index in [1.54, 1.807) is 0 Å². The zero-order valence-corrected chi connectivity index (χ0v) is 9.18. The van der Waals surface area contributed by atoms with Crippen molar-refractivity contribution in [3.05, 3.63) is 0 Å². The van der Waals surface area contributed by atoms with Gasteiger partial charge in [0.15, 0.2) is 0 Å². The summed E-state index contributed by atoms with van der Waals surface area (Å²) < 4.78 is 5.76. The second-order valence-corrected chi connectivity index (χ2v) is 4.29. The lowest BCUT2D eigenvalue weighted by molar-refractivity contribution is 0.0186. The van der Waals surface area contributed by atoms with Crippen molar-refractivity contribution in [2.24, 2.45) is 0 Å². The number of hydrogen-bond acceptors (Lipinski definition) is 2. The lowest BCUT2D eigenvalue weighted by Crippen LogP contribution is -2.22. The summed E-state index contributed by atoms with van der Waals surface area (Å²) in [5.74, 6) is 0. The summed E-state index contributed by atoms with van der Waals surface area (Å²) in [6.45, 7) is 7.52. The molecule has 0 aromatic carbocycles. The lowest BCUT2D eigenvalue weighted by atomic mass is 10.1. The molecule has 1 heterocycles. The van der Waals surface area contributed by atoms with Crippen LogP contribution in [0.15, 0.2) is 0 Å². The quantitative estimate of drug-likeness (QED) is 0.710. The molecule has 0 aromatic rings. The Kier molecular flexibility index (Phi) is 4.74. The van der Waals surface area contributed by atoms with Crippen LogP contribution in [0.2, 0.25) is 0 Å². The van der Waals surface area contributed by atoms with Gasteiger partial charge in [0.2, 0.25) is 0 Å². The molecule has 0 bridgehead atoms. The van der Waals surface area contributed by atoms with Gasteiger partial charge in [0.1, 0.15) is 0 Å². The molecule has 1 N–H and O–H groups in total. The molecule has 2 heteroatoms. The third-order valence-corrected chi connectivity index (χ3v) is 2.55. The van der Waals surface area contributed by atoms with Gasteiger partial charge in [0, 0.05) is 12.6 Å². The van der Waals surface area contributed by atoms with E-state index in [-0.39, 0.29) is 0 Å². The Labute approximate surface area is 82.0 Å². The van der Waals surface area contributed by atoms with E-state index in [0.29, 0.717) is 18.2 Å². The summed E-state index contributed by atoms with van der Waals surface area (Å²) in [5.41, 5.74) is 0. The molecule has 1 rings (SSSR count). The van der Waals surface area contributed by atoms with Crippen LogP contribution in [0.25, 0.3) is 0 Å². The molecule has 2 nitrogen and oxygen atoms in total. The standard InChI is InChI=1S/C11H23NO/c1-4-5-6-10-7-11(8-12-10)13-9(2)3/h9-12H,4-8H2,1-3H3/t10-,11-/m0/s1. The summed E-state index contributed by atoms with van der Waals surface area (Å²) in [4.78, 5) is 0. The van der Waals surface area contributed by atoms with Crippen LogP contribution >= 0.6 is 0 Å². The summed E-state index contributed by atoms with van der Waals surface area (Å²) in [5, 5.41) is 3.52. The minimum absolute atomic E-state index is 0.372. The van der Waals surface area contributed by atoms with Crippen LogP contribution in [0.3, 0.4) is 0 Å². The van der Waals surface area contributed by atoms with E-state index in [4.69, 9.17) is 4.74 Å². The van der Waals surface area contributed by atoms with Gasteiger partial charge in [0.25, 0.3) is 0 Å². The van der Waals surface area contributed by atoms with Gasteiger partial charge >= 0.3 is 0 Å². The smallest absolute Gasteiger partial charge is 0.0717 e. The van der Waals surface area contributed by atoms with E-state index in [2.05, 4.69) is 26.1 Å². The van der Waals surface area contributed by atoms with Crippen LogP contribution < -0.4 is 5.32 Å². The second kappa shape index (κ2) is 5.61. The van der Waals surface area contributed by atoms with Gasteiger partial charge in [0.05, 0.1) is 12.2 Å². The number of nitrogens with one attached hydrogen (secondary N) is 1. The fraction of sp³-hybridized carbons (Fsp3) is 1.00. The van der Waals surface area contributed by atoms with Gasteiger partial charge in [-0.2, -0.15) is 0 Å². The van der Waals surface area contributed by atoms with Crippen molar-refractivity contribution in [3.8, 4) is 0 Å². The Morgan fingerprint density at radius 2 is 2.23 bits per heavy atom. The molecular formula is C11H23NO. The molecule has 0 unspecified atom stereocenters. The highest BCUT2D eigenvalue weighted by atomic mass is 16.5. The molecule has 0 aromatic heterocycles. The molecule has 78 valence electrons. The number of rotatable bonds is 5. The summed E-state index contributed by atoms with van der Waals surface area (Å²) in [6, 6.07) is 0.712. The van der Waals surface area contributed by atoms with Crippen LogP contribution in [-0.2, 0) is 4.74 Å². The molecule has 1 aliphatic heterocycles. The molecule has 13 heavy (non-hydrogen) atoms. The predicted octanol–water partition coefficient (Wildman–Crippen LogP) is 2.33. The molecule has 1 fully saturated rings. The van der Waals surface area contributed by atoms with E-state index in [1.165, 1.54) is 25.7 Å². The second-order valence-electron chi connectivity index (χ2n) is 4.29.